The Labute approximate surface area is 133 Å². The Kier molecular flexibility index (Phi) is 5.73. The first-order chi connectivity index (χ1) is 10.3. The summed E-state index contributed by atoms with van der Waals surface area (Å²) in [7, 11) is 0. The van der Waals surface area contributed by atoms with Crippen molar-refractivity contribution in [2.45, 2.75) is 4.90 Å². The lowest BCUT2D eigenvalue weighted by atomic mass is 10.1. The Balaban J connectivity index is 2.20. The predicted octanol–water partition coefficient (Wildman–Crippen LogP) is 4.50. The first-order valence-corrected chi connectivity index (χ1v) is 8.74. The SMILES string of the molecule is CSC(=Nc1ccc(-c2ccc(SC)cc2)cc1)NC#N. The van der Waals surface area contributed by atoms with Crippen molar-refractivity contribution < 1.29 is 0 Å². The van der Waals surface area contributed by atoms with Crippen LogP contribution in [0.3, 0.4) is 0 Å². The number of hydrogen-bond acceptors (Lipinski definition) is 4. The third kappa shape index (κ3) is 4.28. The second-order valence-corrected chi connectivity index (χ2v) is 5.81. The zero-order chi connectivity index (χ0) is 15.1. The maximum atomic E-state index is 8.62. The highest BCUT2D eigenvalue weighted by molar-refractivity contribution is 8.13. The van der Waals surface area contributed by atoms with Gasteiger partial charge in [0.1, 0.15) is 0 Å². The summed E-state index contributed by atoms with van der Waals surface area (Å²) in [6, 6.07) is 16.5. The summed E-state index contributed by atoms with van der Waals surface area (Å²) in [6.45, 7) is 0. The average molecular weight is 313 g/mol. The standard InChI is InChI=1S/C16H15N3S2/c1-20-15-9-5-13(6-10-15)12-3-7-14(8-4-12)19-16(21-2)18-11-17/h3-10H,1-2H3,(H,18,19). The van der Waals surface area contributed by atoms with Crippen molar-refractivity contribution in [3.63, 3.8) is 0 Å². The van der Waals surface area contributed by atoms with Gasteiger partial charge in [-0.25, -0.2) is 4.99 Å². The third-order valence-corrected chi connectivity index (χ3v) is 4.20. The van der Waals surface area contributed by atoms with E-state index < -0.39 is 0 Å². The minimum Gasteiger partial charge on any atom is -0.271 e. The molecule has 21 heavy (non-hydrogen) atoms. The summed E-state index contributed by atoms with van der Waals surface area (Å²) in [5, 5.41) is 11.8. The summed E-state index contributed by atoms with van der Waals surface area (Å²) in [5.41, 5.74) is 3.16. The molecule has 5 heteroatoms. The molecule has 0 aromatic heterocycles. The van der Waals surface area contributed by atoms with Crippen molar-refractivity contribution in [3.8, 4) is 17.3 Å². The monoisotopic (exact) mass is 313 g/mol. The minimum atomic E-state index is 0.592. The molecule has 0 aliphatic carbocycles. The second kappa shape index (κ2) is 7.77. The molecule has 0 radical (unpaired) electrons. The van der Waals surface area contributed by atoms with Crippen LogP contribution in [-0.2, 0) is 0 Å². The molecular formula is C16H15N3S2. The van der Waals surface area contributed by atoms with Crippen LogP contribution >= 0.6 is 23.5 Å². The predicted molar refractivity (Wildman–Crippen MR) is 93.0 cm³/mol. The largest absolute Gasteiger partial charge is 0.271 e. The Morgan fingerprint density at radius 3 is 2.05 bits per heavy atom. The molecule has 2 aromatic carbocycles. The molecule has 0 spiro atoms. The van der Waals surface area contributed by atoms with E-state index in [1.807, 2.05) is 36.7 Å². The molecule has 1 N–H and O–H groups in total. The summed E-state index contributed by atoms with van der Waals surface area (Å²) >= 11 is 3.14. The van der Waals surface area contributed by atoms with E-state index in [0.717, 1.165) is 11.3 Å². The number of amidine groups is 1. The van der Waals surface area contributed by atoms with Crippen LogP contribution in [-0.4, -0.2) is 17.7 Å². The summed E-state index contributed by atoms with van der Waals surface area (Å²) in [6.07, 6.45) is 5.83. The fourth-order valence-corrected chi connectivity index (χ4v) is 2.55. The molecule has 0 atom stereocenters. The van der Waals surface area contributed by atoms with Gasteiger partial charge in [-0.05, 0) is 47.9 Å². The van der Waals surface area contributed by atoms with Crippen LogP contribution in [0.5, 0.6) is 0 Å². The van der Waals surface area contributed by atoms with Gasteiger partial charge in [-0.15, -0.1) is 11.8 Å². The van der Waals surface area contributed by atoms with Crippen LogP contribution in [0, 0.1) is 11.5 Å². The normalized spacial score (nSPS) is 11.0. The lowest BCUT2D eigenvalue weighted by Crippen LogP contribution is -2.12. The fourth-order valence-electron chi connectivity index (χ4n) is 1.80. The van der Waals surface area contributed by atoms with Crippen molar-refractivity contribution in [1.82, 2.24) is 5.32 Å². The number of rotatable bonds is 3. The molecule has 0 saturated carbocycles. The maximum absolute atomic E-state index is 8.62. The van der Waals surface area contributed by atoms with E-state index in [1.165, 1.54) is 22.2 Å². The van der Waals surface area contributed by atoms with Crippen molar-refractivity contribution in [2.24, 2.45) is 4.99 Å². The Bertz CT molecular complexity index is 655. The maximum Gasteiger partial charge on any atom is 0.183 e. The number of hydrogen-bond donors (Lipinski definition) is 1. The third-order valence-electron chi connectivity index (χ3n) is 2.88. The minimum absolute atomic E-state index is 0.592. The second-order valence-electron chi connectivity index (χ2n) is 4.13. The molecule has 0 bridgehead atoms. The van der Waals surface area contributed by atoms with Gasteiger partial charge in [-0.2, -0.15) is 5.26 Å². The van der Waals surface area contributed by atoms with E-state index in [9.17, 15) is 0 Å². The van der Waals surface area contributed by atoms with E-state index in [-0.39, 0.29) is 0 Å². The van der Waals surface area contributed by atoms with E-state index in [1.54, 1.807) is 11.8 Å². The Hall–Kier alpha value is -1.90. The number of nitrogens with one attached hydrogen (secondary N) is 1. The Morgan fingerprint density at radius 1 is 1.00 bits per heavy atom. The van der Waals surface area contributed by atoms with E-state index in [2.05, 4.69) is 40.8 Å². The number of aliphatic imine (C=N–C) groups is 1. The van der Waals surface area contributed by atoms with E-state index in [4.69, 9.17) is 5.26 Å². The highest BCUT2D eigenvalue weighted by Gasteiger charge is 2.00. The van der Waals surface area contributed by atoms with Crippen LogP contribution in [0.25, 0.3) is 11.1 Å². The Morgan fingerprint density at radius 2 is 1.57 bits per heavy atom. The zero-order valence-electron chi connectivity index (χ0n) is 11.8. The van der Waals surface area contributed by atoms with E-state index in [0.29, 0.717) is 5.17 Å². The molecule has 0 unspecified atom stereocenters. The summed E-state index contributed by atoms with van der Waals surface area (Å²) in [5.74, 6) is 0. The van der Waals surface area contributed by atoms with Gasteiger partial charge in [0.2, 0.25) is 0 Å². The van der Waals surface area contributed by atoms with Crippen LogP contribution in [0.1, 0.15) is 0 Å². The summed E-state index contributed by atoms with van der Waals surface area (Å²) in [4.78, 5) is 5.63. The van der Waals surface area contributed by atoms with Crippen LogP contribution in [0.2, 0.25) is 0 Å². The lowest BCUT2D eigenvalue weighted by molar-refractivity contribution is 1.28. The molecule has 0 fully saturated rings. The number of nitriles is 1. The molecule has 106 valence electrons. The van der Waals surface area contributed by atoms with Gasteiger partial charge in [0, 0.05) is 4.90 Å². The van der Waals surface area contributed by atoms with Crippen LogP contribution in [0.4, 0.5) is 5.69 Å². The van der Waals surface area contributed by atoms with Crippen LogP contribution in [0.15, 0.2) is 58.4 Å². The highest BCUT2D eigenvalue weighted by atomic mass is 32.2. The fraction of sp³-hybridized carbons (Fsp3) is 0.125. The molecule has 2 aromatic rings. The molecule has 0 aliphatic rings. The molecule has 0 heterocycles. The van der Waals surface area contributed by atoms with E-state index >= 15 is 0 Å². The van der Waals surface area contributed by atoms with Gasteiger partial charge in [-0.1, -0.05) is 36.0 Å². The molecule has 0 amide bonds. The number of benzene rings is 2. The highest BCUT2D eigenvalue weighted by Crippen LogP contribution is 2.25. The quantitative estimate of drug-likeness (QED) is 0.298. The van der Waals surface area contributed by atoms with Gasteiger partial charge in [0.05, 0.1) is 5.69 Å². The van der Waals surface area contributed by atoms with Gasteiger partial charge >= 0.3 is 0 Å². The molecule has 0 aliphatic heterocycles. The first-order valence-electron chi connectivity index (χ1n) is 6.29. The van der Waals surface area contributed by atoms with Gasteiger partial charge in [-0.3, -0.25) is 5.32 Å². The van der Waals surface area contributed by atoms with Crippen molar-refractivity contribution in [1.29, 1.82) is 5.26 Å². The van der Waals surface area contributed by atoms with Crippen molar-refractivity contribution >= 4 is 34.4 Å². The van der Waals surface area contributed by atoms with Gasteiger partial charge < -0.3 is 0 Å². The van der Waals surface area contributed by atoms with Crippen molar-refractivity contribution in [2.75, 3.05) is 12.5 Å². The average Bonchev–Trinajstić information content (AvgIpc) is 2.55. The topological polar surface area (TPSA) is 48.2 Å². The molecule has 3 nitrogen and oxygen atoms in total. The number of thioether (sulfide) groups is 2. The first kappa shape index (κ1) is 15.5. The smallest absolute Gasteiger partial charge is 0.183 e. The summed E-state index contributed by atoms with van der Waals surface area (Å²) < 4.78 is 0. The molecule has 0 saturated heterocycles. The lowest BCUT2D eigenvalue weighted by Gasteiger charge is -2.04. The van der Waals surface area contributed by atoms with Gasteiger partial charge in [0.25, 0.3) is 0 Å². The van der Waals surface area contributed by atoms with Gasteiger partial charge in [0.15, 0.2) is 11.4 Å². The number of nitrogens with zero attached hydrogens (tertiary/aromatic N) is 2. The molecule has 2 rings (SSSR count). The zero-order valence-corrected chi connectivity index (χ0v) is 13.5. The van der Waals surface area contributed by atoms with Crippen molar-refractivity contribution in [3.05, 3.63) is 48.5 Å². The molecular weight excluding hydrogens is 298 g/mol. The van der Waals surface area contributed by atoms with Crippen LogP contribution < -0.4 is 5.32 Å².